The minimum absolute atomic E-state index is 0.192. The number of aryl methyl sites for hydroxylation is 1. The number of hydrogen-bond donors (Lipinski definition) is 0. The van der Waals surface area contributed by atoms with Crippen LogP contribution in [-0.2, 0) is 0 Å². The minimum Gasteiger partial charge on any atom is -0.478 e. The first-order valence-corrected chi connectivity index (χ1v) is 6.39. The standard InChI is InChI=1S/C12H20ClN3O/c1-5-6-17-11-7-9(2)14-12(15-11)16(4)10(3)8-13/h7,10H,5-6,8H2,1-4H3. The van der Waals surface area contributed by atoms with Gasteiger partial charge in [0.1, 0.15) is 0 Å². The number of ether oxygens (including phenoxy) is 1. The van der Waals surface area contributed by atoms with E-state index in [4.69, 9.17) is 16.3 Å². The number of nitrogens with zero attached hydrogens (tertiary/aromatic N) is 3. The van der Waals surface area contributed by atoms with Crippen molar-refractivity contribution in [3.63, 3.8) is 0 Å². The summed E-state index contributed by atoms with van der Waals surface area (Å²) < 4.78 is 5.53. The molecule has 0 N–H and O–H groups in total. The molecule has 96 valence electrons. The number of aromatic nitrogens is 2. The number of anilines is 1. The van der Waals surface area contributed by atoms with Crippen LogP contribution >= 0.6 is 11.6 Å². The summed E-state index contributed by atoms with van der Waals surface area (Å²) in [5.41, 5.74) is 0.898. The lowest BCUT2D eigenvalue weighted by Crippen LogP contribution is -2.31. The van der Waals surface area contributed by atoms with Gasteiger partial charge in [-0.15, -0.1) is 11.6 Å². The SMILES string of the molecule is CCCOc1cc(C)nc(N(C)C(C)CCl)n1. The van der Waals surface area contributed by atoms with Crippen LogP contribution < -0.4 is 9.64 Å². The van der Waals surface area contributed by atoms with Crippen molar-refractivity contribution >= 4 is 17.5 Å². The molecule has 0 aliphatic heterocycles. The van der Waals surface area contributed by atoms with E-state index >= 15 is 0 Å². The van der Waals surface area contributed by atoms with Crippen molar-refractivity contribution in [1.82, 2.24) is 9.97 Å². The van der Waals surface area contributed by atoms with Crippen molar-refractivity contribution in [3.05, 3.63) is 11.8 Å². The second kappa shape index (κ2) is 6.64. The van der Waals surface area contributed by atoms with Crippen LogP contribution in [0, 0.1) is 6.92 Å². The third kappa shape index (κ3) is 4.04. The fraction of sp³-hybridized carbons (Fsp3) is 0.667. The average Bonchev–Trinajstić information content (AvgIpc) is 2.33. The van der Waals surface area contributed by atoms with Gasteiger partial charge in [-0.3, -0.25) is 0 Å². The summed E-state index contributed by atoms with van der Waals surface area (Å²) in [6, 6.07) is 2.04. The maximum atomic E-state index is 5.83. The Morgan fingerprint density at radius 3 is 2.76 bits per heavy atom. The Labute approximate surface area is 108 Å². The quantitative estimate of drug-likeness (QED) is 0.735. The summed E-state index contributed by atoms with van der Waals surface area (Å²) >= 11 is 5.83. The van der Waals surface area contributed by atoms with Crippen molar-refractivity contribution in [2.45, 2.75) is 33.2 Å². The molecule has 0 saturated carbocycles. The van der Waals surface area contributed by atoms with Crippen LogP contribution in [0.4, 0.5) is 5.95 Å². The van der Waals surface area contributed by atoms with Gasteiger partial charge in [0.25, 0.3) is 0 Å². The molecule has 0 spiro atoms. The lowest BCUT2D eigenvalue weighted by Gasteiger charge is -2.23. The number of halogens is 1. The van der Waals surface area contributed by atoms with Crippen molar-refractivity contribution in [3.8, 4) is 5.88 Å². The van der Waals surface area contributed by atoms with E-state index in [1.54, 1.807) is 0 Å². The highest BCUT2D eigenvalue weighted by Crippen LogP contribution is 2.16. The fourth-order valence-electron chi connectivity index (χ4n) is 1.26. The van der Waals surface area contributed by atoms with Crippen LogP contribution in [0.1, 0.15) is 26.0 Å². The highest BCUT2D eigenvalue weighted by Gasteiger charge is 2.13. The molecule has 1 aromatic rings. The monoisotopic (exact) mass is 257 g/mol. The van der Waals surface area contributed by atoms with Gasteiger partial charge in [0.15, 0.2) is 0 Å². The Morgan fingerprint density at radius 2 is 2.18 bits per heavy atom. The second-order valence-electron chi connectivity index (χ2n) is 4.11. The summed E-state index contributed by atoms with van der Waals surface area (Å²) in [5, 5.41) is 0. The van der Waals surface area contributed by atoms with E-state index < -0.39 is 0 Å². The lowest BCUT2D eigenvalue weighted by molar-refractivity contribution is 0.304. The molecule has 0 amide bonds. The van der Waals surface area contributed by atoms with E-state index in [1.165, 1.54) is 0 Å². The third-order valence-corrected chi connectivity index (χ3v) is 2.92. The van der Waals surface area contributed by atoms with Gasteiger partial charge in [-0.2, -0.15) is 4.98 Å². The molecule has 1 aromatic heterocycles. The van der Waals surface area contributed by atoms with E-state index in [0.29, 0.717) is 24.3 Å². The maximum absolute atomic E-state index is 5.83. The van der Waals surface area contributed by atoms with Gasteiger partial charge in [-0.1, -0.05) is 6.92 Å². The van der Waals surface area contributed by atoms with Gasteiger partial charge < -0.3 is 9.64 Å². The first-order chi connectivity index (χ1) is 8.08. The molecule has 0 fully saturated rings. The molecule has 0 bridgehead atoms. The highest BCUT2D eigenvalue weighted by molar-refractivity contribution is 6.18. The van der Waals surface area contributed by atoms with Crippen molar-refractivity contribution in [2.75, 3.05) is 24.4 Å². The second-order valence-corrected chi connectivity index (χ2v) is 4.42. The summed E-state index contributed by atoms with van der Waals surface area (Å²) in [6.07, 6.45) is 0.965. The maximum Gasteiger partial charge on any atom is 0.228 e. The highest BCUT2D eigenvalue weighted by atomic mass is 35.5. The van der Waals surface area contributed by atoms with Crippen LogP contribution in [0.2, 0.25) is 0 Å². The van der Waals surface area contributed by atoms with Crippen LogP contribution in [0.15, 0.2) is 6.07 Å². The predicted octanol–water partition coefficient (Wildman–Crippen LogP) is 2.64. The molecule has 1 rings (SSSR count). The molecule has 5 heteroatoms. The lowest BCUT2D eigenvalue weighted by atomic mass is 10.3. The van der Waals surface area contributed by atoms with Crippen LogP contribution in [0.25, 0.3) is 0 Å². The Balaban J connectivity index is 2.88. The molecule has 0 saturated heterocycles. The van der Waals surface area contributed by atoms with Gasteiger partial charge >= 0.3 is 0 Å². The zero-order valence-corrected chi connectivity index (χ0v) is 11.7. The fourth-order valence-corrected chi connectivity index (χ4v) is 1.47. The number of rotatable bonds is 6. The van der Waals surface area contributed by atoms with Crippen LogP contribution in [0.3, 0.4) is 0 Å². The average molecular weight is 258 g/mol. The first-order valence-electron chi connectivity index (χ1n) is 5.85. The topological polar surface area (TPSA) is 38.2 Å². The van der Waals surface area contributed by atoms with Crippen LogP contribution in [0.5, 0.6) is 5.88 Å². The van der Waals surface area contributed by atoms with Crippen molar-refractivity contribution in [1.29, 1.82) is 0 Å². The van der Waals surface area contributed by atoms with Crippen LogP contribution in [-0.4, -0.2) is 35.5 Å². The number of alkyl halides is 1. The van der Waals surface area contributed by atoms with E-state index in [2.05, 4.69) is 16.9 Å². The molecule has 17 heavy (non-hydrogen) atoms. The Bertz CT molecular complexity index is 360. The molecule has 1 atom stereocenters. The van der Waals surface area contributed by atoms with Gasteiger partial charge in [0, 0.05) is 30.7 Å². The summed E-state index contributed by atoms with van der Waals surface area (Å²) in [7, 11) is 1.94. The van der Waals surface area contributed by atoms with E-state index in [1.807, 2.05) is 31.9 Å². The van der Waals surface area contributed by atoms with Gasteiger partial charge in [0.2, 0.25) is 11.8 Å². The Morgan fingerprint density at radius 1 is 1.47 bits per heavy atom. The zero-order valence-electron chi connectivity index (χ0n) is 10.9. The van der Waals surface area contributed by atoms with E-state index in [0.717, 1.165) is 12.1 Å². The summed E-state index contributed by atoms with van der Waals surface area (Å²) in [5.74, 6) is 1.83. The summed E-state index contributed by atoms with van der Waals surface area (Å²) in [4.78, 5) is 10.7. The van der Waals surface area contributed by atoms with Gasteiger partial charge in [0.05, 0.1) is 6.61 Å². The number of hydrogen-bond acceptors (Lipinski definition) is 4. The molecular weight excluding hydrogens is 238 g/mol. The van der Waals surface area contributed by atoms with Crippen molar-refractivity contribution in [2.24, 2.45) is 0 Å². The smallest absolute Gasteiger partial charge is 0.228 e. The molecule has 0 aliphatic carbocycles. The molecule has 1 unspecified atom stereocenters. The predicted molar refractivity (Wildman–Crippen MR) is 71.1 cm³/mol. The first kappa shape index (κ1) is 14.0. The normalized spacial score (nSPS) is 12.3. The molecule has 1 heterocycles. The molecular formula is C12H20ClN3O. The molecule has 4 nitrogen and oxygen atoms in total. The summed E-state index contributed by atoms with van der Waals surface area (Å²) in [6.45, 7) is 6.70. The van der Waals surface area contributed by atoms with Gasteiger partial charge in [-0.25, -0.2) is 4.98 Å². The Hall–Kier alpha value is -1.03. The third-order valence-electron chi connectivity index (χ3n) is 2.47. The molecule has 0 aliphatic rings. The van der Waals surface area contributed by atoms with Gasteiger partial charge in [-0.05, 0) is 20.3 Å². The minimum atomic E-state index is 0.192. The van der Waals surface area contributed by atoms with E-state index in [-0.39, 0.29) is 6.04 Å². The largest absolute Gasteiger partial charge is 0.478 e. The van der Waals surface area contributed by atoms with E-state index in [9.17, 15) is 0 Å². The molecule has 0 aromatic carbocycles. The molecule has 0 radical (unpaired) electrons. The zero-order chi connectivity index (χ0) is 12.8. The van der Waals surface area contributed by atoms with Crippen molar-refractivity contribution < 1.29 is 4.74 Å². The Kier molecular flexibility index (Phi) is 5.48.